The summed E-state index contributed by atoms with van der Waals surface area (Å²) in [4.78, 5) is 16.4. The van der Waals surface area contributed by atoms with Gasteiger partial charge in [-0.1, -0.05) is 18.2 Å². The molecule has 2 heterocycles. The number of benzene rings is 2. The number of piperazine rings is 1. The van der Waals surface area contributed by atoms with E-state index >= 15 is 0 Å². The second-order valence-electron chi connectivity index (χ2n) is 8.00. The fourth-order valence-corrected chi connectivity index (χ4v) is 4.32. The summed E-state index contributed by atoms with van der Waals surface area (Å²) in [6.07, 6.45) is 2.05. The predicted molar refractivity (Wildman–Crippen MR) is 121 cm³/mol. The Kier molecular flexibility index (Phi) is 6.44. The van der Waals surface area contributed by atoms with Crippen molar-refractivity contribution < 1.29 is 14.3 Å². The molecule has 1 aliphatic rings. The maximum Gasteiger partial charge on any atom is 0.237 e. The highest BCUT2D eigenvalue weighted by molar-refractivity contribution is 5.87. The zero-order valence-corrected chi connectivity index (χ0v) is 18.2. The molecule has 1 fully saturated rings. The van der Waals surface area contributed by atoms with Gasteiger partial charge >= 0.3 is 0 Å². The molecule has 0 spiro atoms. The number of hydrogen-bond acceptors (Lipinski definition) is 5. The molecule has 7 heteroatoms. The van der Waals surface area contributed by atoms with E-state index in [2.05, 4.69) is 28.1 Å². The van der Waals surface area contributed by atoms with Gasteiger partial charge in [-0.15, -0.1) is 0 Å². The lowest BCUT2D eigenvalue weighted by molar-refractivity contribution is -0.118. The average molecular weight is 423 g/mol. The van der Waals surface area contributed by atoms with Gasteiger partial charge in [-0.2, -0.15) is 0 Å². The molecule has 2 N–H and O–H groups in total. The molecule has 1 amide bonds. The number of hydrogen-bond donors (Lipinski definition) is 1. The topological polar surface area (TPSA) is 73.0 Å². The monoisotopic (exact) mass is 422 g/mol. The van der Waals surface area contributed by atoms with Gasteiger partial charge < -0.3 is 19.8 Å². The Balaban J connectivity index is 1.45. The number of fused-ring (bicyclic) bond motifs is 1. The van der Waals surface area contributed by atoms with Crippen LogP contribution >= 0.6 is 0 Å². The molecular formula is C24H30N4O3. The molecule has 1 aliphatic heterocycles. The lowest BCUT2D eigenvalue weighted by Crippen LogP contribution is -2.45. The van der Waals surface area contributed by atoms with Crippen molar-refractivity contribution in [1.29, 1.82) is 0 Å². The minimum absolute atomic E-state index is 0.176. The van der Waals surface area contributed by atoms with Crippen molar-refractivity contribution in [3.63, 3.8) is 0 Å². The molecule has 1 saturated heterocycles. The van der Waals surface area contributed by atoms with Crippen molar-refractivity contribution in [2.45, 2.75) is 19.6 Å². The zero-order valence-electron chi connectivity index (χ0n) is 18.2. The summed E-state index contributed by atoms with van der Waals surface area (Å²) in [6, 6.07) is 14.2. The molecule has 0 atom stereocenters. The van der Waals surface area contributed by atoms with E-state index in [-0.39, 0.29) is 12.5 Å². The fraction of sp³-hybridized carbons (Fsp3) is 0.375. The normalized spacial score (nSPS) is 15.3. The molecule has 0 bridgehead atoms. The zero-order chi connectivity index (χ0) is 21.8. The van der Waals surface area contributed by atoms with Gasteiger partial charge in [0.25, 0.3) is 0 Å². The molecule has 31 heavy (non-hydrogen) atoms. The van der Waals surface area contributed by atoms with Gasteiger partial charge in [0.1, 0.15) is 18.0 Å². The predicted octanol–water partition coefficient (Wildman–Crippen LogP) is 2.46. The second-order valence-corrected chi connectivity index (χ2v) is 8.00. The molecule has 3 aromatic rings. The van der Waals surface area contributed by atoms with E-state index in [1.807, 2.05) is 34.9 Å². The van der Waals surface area contributed by atoms with Gasteiger partial charge in [-0.25, -0.2) is 0 Å². The highest BCUT2D eigenvalue weighted by atomic mass is 16.5. The van der Waals surface area contributed by atoms with Crippen LogP contribution in [-0.2, 0) is 24.4 Å². The van der Waals surface area contributed by atoms with E-state index in [1.54, 1.807) is 14.2 Å². The van der Waals surface area contributed by atoms with Crippen LogP contribution in [0.3, 0.4) is 0 Å². The molecular weight excluding hydrogens is 392 g/mol. The van der Waals surface area contributed by atoms with Gasteiger partial charge in [0.2, 0.25) is 5.91 Å². The Morgan fingerprint density at radius 3 is 2.26 bits per heavy atom. The maximum atomic E-state index is 11.5. The van der Waals surface area contributed by atoms with Gasteiger partial charge in [-0.3, -0.25) is 14.6 Å². The van der Waals surface area contributed by atoms with Crippen LogP contribution in [0.1, 0.15) is 11.1 Å². The molecule has 0 saturated carbocycles. The highest BCUT2D eigenvalue weighted by Crippen LogP contribution is 2.28. The molecule has 1 aromatic heterocycles. The third-order valence-electron chi connectivity index (χ3n) is 5.94. The van der Waals surface area contributed by atoms with Gasteiger partial charge in [-0.05, 0) is 29.8 Å². The number of amides is 1. The first-order chi connectivity index (χ1) is 15.1. The highest BCUT2D eigenvalue weighted by Gasteiger charge is 2.20. The number of methoxy groups -OCH3 is 2. The van der Waals surface area contributed by atoms with Crippen LogP contribution in [-0.4, -0.2) is 60.7 Å². The number of primary amides is 1. The molecule has 0 radical (unpaired) electrons. The first-order valence-electron chi connectivity index (χ1n) is 10.6. The lowest BCUT2D eigenvalue weighted by atomic mass is 10.1. The molecule has 0 aliphatic carbocycles. The summed E-state index contributed by atoms with van der Waals surface area (Å²) < 4.78 is 12.8. The van der Waals surface area contributed by atoms with E-state index < -0.39 is 0 Å². The summed E-state index contributed by atoms with van der Waals surface area (Å²) >= 11 is 0. The Hall–Kier alpha value is -3.03. The maximum absolute atomic E-state index is 11.5. The molecule has 0 unspecified atom stereocenters. The van der Waals surface area contributed by atoms with Gasteiger partial charge in [0.15, 0.2) is 0 Å². The lowest BCUT2D eigenvalue weighted by Gasteiger charge is -2.34. The quantitative estimate of drug-likeness (QED) is 0.604. The van der Waals surface area contributed by atoms with Crippen molar-refractivity contribution in [3.8, 4) is 11.5 Å². The van der Waals surface area contributed by atoms with Crippen molar-refractivity contribution in [3.05, 3.63) is 59.8 Å². The Morgan fingerprint density at radius 1 is 0.935 bits per heavy atom. The average Bonchev–Trinajstić information content (AvgIpc) is 3.11. The summed E-state index contributed by atoms with van der Waals surface area (Å²) in [7, 11) is 3.39. The Labute approximate surface area is 182 Å². The smallest absolute Gasteiger partial charge is 0.237 e. The van der Waals surface area contributed by atoms with E-state index in [4.69, 9.17) is 15.2 Å². The Morgan fingerprint density at radius 2 is 1.61 bits per heavy atom. The SMILES string of the molecule is COc1ccc2c(c1)c(CN1CCN(Cc3ccccc3OC)CC1)cn2CC(N)=O. The van der Waals surface area contributed by atoms with Crippen LogP contribution in [0.5, 0.6) is 11.5 Å². The number of nitrogens with two attached hydrogens (primary N) is 1. The first-order valence-corrected chi connectivity index (χ1v) is 10.6. The number of carbonyl (C=O) groups excluding carboxylic acids is 1. The fourth-order valence-electron chi connectivity index (χ4n) is 4.32. The molecule has 7 nitrogen and oxygen atoms in total. The van der Waals surface area contributed by atoms with E-state index in [0.29, 0.717) is 0 Å². The summed E-state index contributed by atoms with van der Waals surface area (Å²) in [5.74, 6) is 1.41. The van der Waals surface area contributed by atoms with Crippen LogP contribution < -0.4 is 15.2 Å². The van der Waals surface area contributed by atoms with Gasteiger partial charge in [0, 0.05) is 61.9 Å². The second kappa shape index (κ2) is 9.41. The van der Waals surface area contributed by atoms with E-state index in [0.717, 1.165) is 61.7 Å². The van der Waals surface area contributed by atoms with Crippen LogP contribution in [0.4, 0.5) is 0 Å². The van der Waals surface area contributed by atoms with Crippen LogP contribution in [0.25, 0.3) is 10.9 Å². The van der Waals surface area contributed by atoms with E-state index in [9.17, 15) is 4.79 Å². The number of carbonyl (C=O) groups is 1. The Bertz CT molecular complexity index is 1050. The number of nitrogens with zero attached hydrogens (tertiary/aromatic N) is 3. The molecule has 164 valence electrons. The number of ether oxygens (including phenoxy) is 2. The number of aromatic nitrogens is 1. The van der Waals surface area contributed by atoms with Gasteiger partial charge in [0.05, 0.1) is 14.2 Å². The number of rotatable bonds is 8. The molecule has 2 aromatic carbocycles. The minimum Gasteiger partial charge on any atom is -0.497 e. The summed E-state index contributed by atoms with van der Waals surface area (Å²) in [5, 5.41) is 1.11. The van der Waals surface area contributed by atoms with Crippen molar-refractivity contribution in [1.82, 2.24) is 14.4 Å². The summed E-state index contributed by atoms with van der Waals surface area (Å²) in [5.41, 5.74) is 8.87. The van der Waals surface area contributed by atoms with Crippen LogP contribution in [0.15, 0.2) is 48.7 Å². The van der Waals surface area contributed by atoms with Crippen molar-refractivity contribution in [2.75, 3.05) is 40.4 Å². The standard InChI is InChI=1S/C24H30N4O3/c1-30-20-7-8-22-21(13-20)19(16-28(22)17-24(25)29)15-27-11-9-26(10-12-27)14-18-5-3-4-6-23(18)31-2/h3-8,13,16H,9-12,14-15,17H2,1-2H3,(H2,25,29). The minimum atomic E-state index is -0.343. The van der Waals surface area contributed by atoms with Crippen molar-refractivity contribution >= 4 is 16.8 Å². The van der Waals surface area contributed by atoms with Crippen molar-refractivity contribution in [2.24, 2.45) is 5.73 Å². The van der Waals surface area contributed by atoms with Crippen LogP contribution in [0.2, 0.25) is 0 Å². The molecule has 4 rings (SSSR count). The third kappa shape index (κ3) is 4.84. The third-order valence-corrected chi connectivity index (χ3v) is 5.94. The van der Waals surface area contributed by atoms with E-state index in [1.165, 1.54) is 11.1 Å². The largest absolute Gasteiger partial charge is 0.497 e. The van der Waals surface area contributed by atoms with Crippen LogP contribution in [0, 0.1) is 0 Å². The summed E-state index contributed by atoms with van der Waals surface area (Å²) in [6.45, 7) is 5.88. The first kappa shape index (κ1) is 21.2. The number of para-hydroxylation sites is 1.